The van der Waals surface area contributed by atoms with Gasteiger partial charge in [0.05, 0.1) is 11.1 Å². The fraction of sp³-hybridized carbons (Fsp3) is 0.323. The zero-order valence-corrected chi connectivity index (χ0v) is 27.2. The number of nitrogens with zero attached hydrogens (tertiary/aromatic N) is 1. The van der Waals surface area contributed by atoms with Gasteiger partial charge in [0.15, 0.2) is 23.0 Å². The molecule has 0 unspecified atom stereocenters. The fourth-order valence-corrected chi connectivity index (χ4v) is 4.21. The van der Waals surface area contributed by atoms with E-state index in [0.717, 1.165) is 27.7 Å². The minimum atomic E-state index is -1.79. The molecule has 0 aromatic heterocycles. The quantitative estimate of drug-likeness (QED) is 0.0572. The zero-order chi connectivity index (χ0) is 37.5. The first-order valence-corrected chi connectivity index (χ1v) is 14.6. The Morgan fingerprint density at radius 1 is 0.720 bits per heavy atom. The van der Waals surface area contributed by atoms with Crippen molar-refractivity contribution < 1.29 is 72.4 Å². The van der Waals surface area contributed by atoms with Gasteiger partial charge >= 0.3 is 30.0 Å². The van der Waals surface area contributed by atoms with Gasteiger partial charge in [-0.1, -0.05) is 12.1 Å². The van der Waals surface area contributed by atoms with Crippen molar-refractivity contribution in [1.82, 2.24) is 21.0 Å². The second kappa shape index (κ2) is 18.8. The molecule has 0 aliphatic carbocycles. The Morgan fingerprint density at radius 3 is 1.64 bits per heavy atom. The van der Waals surface area contributed by atoms with Crippen LogP contribution in [0.15, 0.2) is 36.4 Å². The number of benzene rings is 2. The van der Waals surface area contributed by atoms with E-state index in [1.165, 1.54) is 41.9 Å². The summed E-state index contributed by atoms with van der Waals surface area (Å²) < 4.78 is 20.2. The Balaban J connectivity index is 2.38. The van der Waals surface area contributed by atoms with E-state index < -0.39 is 78.4 Å². The molecule has 0 spiro atoms. The van der Waals surface area contributed by atoms with Crippen LogP contribution in [0.25, 0.3) is 0 Å². The lowest BCUT2D eigenvalue weighted by Gasteiger charge is -2.25. The van der Waals surface area contributed by atoms with E-state index >= 15 is 0 Å². The van der Waals surface area contributed by atoms with Crippen molar-refractivity contribution in [3.63, 3.8) is 0 Å². The van der Waals surface area contributed by atoms with E-state index in [0.29, 0.717) is 0 Å². The van der Waals surface area contributed by atoms with Crippen molar-refractivity contribution in [2.75, 3.05) is 13.1 Å². The molecule has 5 amide bonds. The molecule has 5 N–H and O–H groups in total. The van der Waals surface area contributed by atoms with Gasteiger partial charge < -0.3 is 34.7 Å². The number of para-hydroxylation sites is 2. The molecular formula is C31H34N4O15. The van der Waals surface area contributed by atoms with E-state index in [4.69, 9.17) is 24.2 Å². The average molecular weight is 703 g/mol. The van der Waals surface area contributed by atoms with Crippen LogP contribution in [0.2, 0.25) is 0 Å². The van der Waals surface area contributed by atoms with Gasteiger partial charge in [0, 0.05) is 47.2 Å². The highest BCUT2D eigenvalue weighted by Crippen LogP contribution is 2.33. The van der Waals surface area contributed by atoms with Crippen molar-refractivity contribution >= 4 is 53.6 Å². The number of carboxylic acid groups (broad SMARTS) is 1. The number of hydroxylamine groups is 1. The minimum Gasteiger partial charge on any atom is -0.465 e. The van der Waals surface area contributed by atoms with Gasteiger partial charge in [-0.2, -0.15) is 0 Å². The highest BCUT2D eigenvalue weighted by Gasteiger charge is 2.32. The van der Waals surface area contributed by atoms with Crippen molar-refractivity contribution in [2.24, 2.45) is 0 Å². The van der Waals surface area contributed by atoms with Gasteiger partial charge in [0.2, 0.25) is 5.91 Å². The lowest BCUT2D eigenvalue weighted by Crippen LogP contribution is -2.51. The predicted octanol–water partition coefficient (Wildman–Crippen LogP) is 1.10. The summed E-state index contributed by atoms with van der Waals surface area (Å²) in [5.74, 6) is -8.67. The monoisotopic (exact) mass is 702 g/mol. The summed E-state index contributed by atoms with van der Waals surface area (Å²) in [5, 5.41) is 23.3. The molecule has 0 aliphatic heterocycles. The van der Waals surface area contributed by atoms with Crippen molar-refractivity contribution in [3.05, 3.63) is 47.5 Å². The fourth-order valence-electron chi connectivity index (χ4n) is 4.21. The van der Waals surface area contributed by atoms with Crippen LogP contribution in [0, 0.1) is 0 Å². The number of ether oxygens (including phenoxy) is 4. The Morgan fingerprint density at radius 2 is 1.20 bits per heavy atom. The number of nitrogens with one attached hydrogen (secondary N) is 3. The van der Waals surface area contributed by atoms with Gasteiger partial charge in [-0.3, -0.25) is 43.6 Å². The molecule has 2 aromatic rings. The lowest BCUT2D eigenvalue weighted by atomic mass is 10.1. The van der Waals surface area contributed by atoms with E-state index in [9.17, 15) is 48.3 Å². The third kappa shape index (κ3) is 12.0. The molecule has 2 aromatic carbocycles. The first-order chi connectivity index (χ1) is 23.5. The SMILES string of the molecule is CC(=O)Oc1cccc(C(=O)NCCC[C@@H](NC(=O)c2cccc(OC(C)=O)c2OC(C)=O)C(=O)N(CCC(=O)NO)C(=O)O)c1OC(C)=O. The molecule has 0 saturated carbocycles. The van der Waals surface area contributed by atoms with Gasteiger partial charge in [-0.15, -0.1) is 0 Å². The van der Waals surface area contributed by atoms with E-state index in [1.54, 1.807) is 0 Å². The first kappa shape index (κ1) is 39.8. The van der Waals surface area contributed by atoms with Crippen LogP contribution in [0.3, 0.4) is 0 Å². The summed E-state index contributed by atoms with van der Waals surface area (Å²) in [5.41, 5.74) is 0.738. The molecule has 2 rings (SSSR count). The standard InChI is InChI=1S/C31H34N4O15/c1-16(36)47-23-11-5-8-20(26(23)49-18(3)38)28(41)32-14-7-10-22(30(43)35(31(44)45)15-13-25(40)34-46)33-29(42)21-9-6-12-24(48-17(2)37)27(21)50-19(4)39/h5-6,8-9,11-12,22,46H,7,10,13-15H2,1-4H3,(H,32,41)(H,33,42)(H,34,40)(H,44,45)/t22-/m1/s1. The molecule has 0 bridgehead atoms. The molecule has 19 heteroatoms. The van der Waals surface area contributed by atoms with Gasteiger partial charge in [-0.25, -0.2) is 15.2 Å². The number of amides is 5. The molecule has 19 nitrogen and oxygen atoms in total. The normalized spacial score (nSPS) is 10.8. The van der Waals surface area contributed by atoms with E-state index in [2.05, 4.69) is 10.6 Å². The molecule has 0 radical (unpaired) electrons. The second-order valence-electron chi connectivity index (χ2n) is 10.1. The molecule has 0 saturated heterocycles. The summed E-state index contributed by atoms with van der Waals surface area (Å²) in [7, 11) is 0. The van der Waals surface area contributed by atoms with Crippen molar-refractivity contribution in [3.8, 4) is 23.0 Å². The maximum Gasteiger partial charge on any atom is 0.414 e. The second-order valence-corrected chi connectivity index (χ2v) is 10.1. The van der Waals surface area contributed by atoms with Crippen LogP contribution in [0.4, 0.5) is 4.79 Å². The highest BCUT2D eigenvalue weighted by atomic mass is 16.6. The maximum atomic E-state index is 13.5. The van der Waals surface area contributed by atoms with Gasteiger partial charge in [0.1, 0.15) is 6.04 Å². The van der Waals surface area contributed by atoms with Crippen LogP contribution in [-0.2, 0) is 28.8 Å². The van der Waals surface area contributed by atoms with Gasteiger partial charge in [-0.05, 0) is 37.1 Å². The molecule has 1 atom stereocenters. The third-order valence-electron chi connectivity index (χ3n) is 6.19. The molecule has 0 fully saturated rings. The predicted molar refractivity (Wildman–Crippen MR) is 165 cm³/mol. The van der Waals surface area contributed by atoms with Crippen LogP contribution < -0.4 is 35.1 Å². The molecule has 0 aliphatic rings. The first-order valence-electron chi connectivity index (χ1n) is 14.6. The molecule has 50 heavy (non-hydrogen) atoms. The van der Waals surface area contributed by atoms with E-state index in [1.807, 2.05) is 0 Å². The minimum absolute atomic E-state index is 0.0934. The highest BCUT2D eigenvalue weighted by molar-refractivity contribution is 6.03. The number of hydrogen-bond donors (Lipinski definition) is 5. The summed E-state index contributed by atoms with van der Waals surface area (Å²) in [4.78, 5) is 110. The van der Waals surface area contributed by atoms with Crippen LogP contribution >= 0.6 is 0 Å². The van der Waals surface area contributed by atoms with Crippen molar-refractivity contribution in [2.45, 2.75) is 53.0 Å². The van der Waals surface area contributed by atoms with Crippen LogP contribution in [0.5, 0.6) is 23.0 Å². The maximum absolute atomic E-state index is 13.5. The Bertz CT molecular complexity index is 1670. The number of imide groups is 1. The smallest absolute Gasteiger partial charge is 0.414 e. The Kier molecular flexibility index (Phi) is 15.0. The van der Waals surface area contributed by atoms with Crippen LogP contribution in [0.1, 0.15) is 67.7 Å². The summed E-state index contributed by atoms with van der Waals surface area (Å²) in [6.45, 7) is 3.32. The molecular weight excluding hydrogens is 668 g/mol. The lowest BCUT2D eigenvalue weighted by molar-refractivity contribution is -0.134. The van der Waals surface area contributed by atoms with Crippen LogP contribution in [-0.4, -0.2) is 87.9 Å². The van der Waals surface area contributed by atoms with Gasteiger partial charge in [0.25, 0.3) is 17.7 Å². The molecule has 0 heterocycles. The zero-order valence-electron chi connectivity index (χ0n) is 27.2. The number of hydrogen-bond acceptors (Lipinski definition) is 14. The summed E-state index contributed by atoms with van der Waals surface area (Å²) >= 11 is 0. The number of carbonyl (C=O) groups excluding carboxylic acids is 8. The number of esters is 4. The Hall–Kier alpha value is -6.37. The largest absolute Gasteiger partial charge is 0.465 e. The summed E-state index contributed by atoms with van der Waals surface area (Å²) in [6, 6.07) is 5.99. The topological polar surface area (TPSA) is 270 Å². The van der Waals surface area contributed by atoms with Crippen molar-refractivity contribution in [1.29, 1.82) is 0 Å². The third-order valence-corrected chi connectivity index (χ3v) is 6.19. The summed E-state index contributed by atoms with van der Waals surface area (Å²) in [6.07, 6.45) is -2.85. The number of carbonyl (C=O) groups is 9. The molecule has 268 valence electrons. The number of rotatable bonds is 15. The Labute approximate surface area is 283 Å². The van der Waals surface area contributed by atoms with E-state index in [-0.39, 0.29) is 52.7 Å². The average Bonchev–Trinajstić information content (AvgIpc) is 3.02.